The Morgan fingerprint density at radius 3 is 2.29 bits per heavy atom. The van der Waals surface area contributed by atoms with E-state index in [0.29, 0.717) is 5.69 Å². The zero-order chi connectivity index (χ0) is 10.9. The lowest BCUT2D eigenvalue weighted by molar-refractivity contribution is 1.30. The highest BCUT2D eigenvalue weighted by Crippen LogP contribution is 2.31. The molecule has 0 aromatic heterocycles. The van der Waals surface area contributed by atoms with E-state index in [2.05, 4.69) is 28.0 Å². The maximum absolute atomic E-state index is 5.93. The van der Waals surface area contributed by atoms with Crippen molar-refractivity contribution in [2.45, 2.75) is 13.8 Å². The summed E-state index contributed by atoms with van der Waals surface area (Å²) in [7, 11) is 0.261. The minimum atomic E-state index is 0.261. The van der Waals surface area contributed by atoms with Crippen LogP contribution in [0.5, 0.6) is 0 Å². The Morgan fingerprint density at radius 2 is 1.86 bits per heavy atom. The molecular weight excluding hydrogens is 310 g/mol. The van der Waals surface area contributed by atoms with Gasteiger partial charge >= 0.3 is 0 Å². The van der Waals surface area contributed by atoms with Gasteiger partial charge in [0, 0.05) is 8.87 Å². The van der Waals surface area contributed by atoms with Gasteiger partial charge in [0.25, 0.3) is 0 Å². The number of hydrogen-bond acceptors (Lipinski definition) is 4. The molecule has 1 aromatic carbocycles. The van der Waals surface area contributed by atoms with E-state index in [1.165, 1.54) is 0 Å². The lowest BCUT2D eigenvalue weighted by atomic mass is 10.1. The Labute approximate surface area is 98.9 Å². The minimum absolute atomic E-state index is 0.261. The van der Waals surface area contributed by atoms with Crippen LogP contribution >= 0.6 is 31.3 Å². The Kier molecular flexibility index (Phi) is 3.94. The van der Waals surface area contributed by atoms with Gasteiger partial charge in [0.05, 0.1) is 11.4 Å². The highest BCUT2D eigenvalue weighted by molar-refractivity contribution is 14.1. The van der Waals surface area contributed by atoms with Gasteiger partial charge < -0.3 is 16.7 Å². The van der Waals surface area contributed by atoms with Crippen LogP contribution in [0.3, 0.4) is 0 Å². The van der Waals surface area contributed by atoms with Crippen molar-refractivity contribution in [2.24, 2.45) is 11.3 Å². The predicted molar refractivity (Wildman–Crippen MR) is 73.0 cm³/mol. The highest BCUT2D eigenvalue weighted by atomic mass is 127. The molecule has 1 aromatic rings. The van der Waals surface area contributed by atoms with E-state index in [4.69, 9.17) is 17.1 Å². The Bertz CT molecular complexity index is 336. The quantitative estimate of drug-likeness (QED) is 0.214. The summed E-state index contributed by atoms with van der Waals surface area (Å²) in [6.07, 6.45) is 0. The number of nitrogens with two attached hydrogens (primary N) is 3. The van der Waals surface area contributed by atoms with Gasteiger partial charge in [-0.3, -0.25) is 5.84 Å². The van der Waals surface area contributed by atoms with Crippen LogP contribution in [0.15, 0.2) is 0 Å². The van der Waals surface area contributed by atoms with Crippen molar-refractivity contribution in [3.8, 4) is 0 Å². The molecule has 0 saturated heterocycles. The molecular formula is C8H14IN4P. The summed E-state index contributed by atoms with van der Waals surface area (Å²) in [5.74, 6) is 5.42. The van der Waals surface area contributed by atoms with Crippen molar-refractivity contribution in [1.82, 2.24) is 0 Å². The van der Waals surface area contributed by atoms with E-state index < -0.39 is 0 Å². The van der Waals surface area contributed by atoms with Crippen LogP contribution in [0.4, 0.5) is 11.4 Å². The zero-order valence-electron chi connectivity index (χ0n) is 8.11. The molecule has 6 heteroatoms. The van der Waals surface area contributed by atoms with Crippen LogP contribution in [0, 0.1) is 17.4 Å². The average molecular weight is 324 g/mol. The van der Waals surface area contributed by atoms with Gasteiger partial charge in [0.15, 0.2) is 0 Å². The summed E-state index contributed by atoms with van der Waals surface area (Å²) >= 11 is 2.21. The summed E-state index contributed by atoms with van der Waals surface area (Å²) in [6, 6.07) is 0. The second-order valence-electron chi connectivity index (χ2n) is 3.02. The van der Waals surface area contributed by atoms with Crippen LogP contribution in [-0.2, 0) is 0 Å². The largest absolute Gasteiger partial charge is 0.397 e. The first-order chi connectivity index (χ1) is 6.54. The second-order valence-corrected chi connectivity index (χ2v) is 4.88. The molecule has 1 atom stereocenters. The molecule has 7 N–H and O–H groups in total. The van der Waals surface area contributed by atoms with Crippen LogP contribution in [0.2, 0.25) is 0 Å². The lowest BCUT2D eigenvalue weighted by Crippen LogP contribution is -2.19. The van der Waals surface area contributed by atoms with Crippen molar-refractivity contribution < 1.29 is 0 Å². The van der Waals surface area contributed by atoms with Gasteiger partial charge in [-0.05, 0) is 56.3 Å². The van der Waals surface area contributed by atoms with Crippen LogP contribution in [-0.4, -0.2) is 0 Å². The molecule has 1 unspecified atom stereocenters. The van der Waals surface area contributed by atoms with E-state index in [0.717, 1.165) is 25.7 Å². The molecule has 0 aliphatic carbocycles. The van der Waals surface area contributed by atoms with Crippen molar-refractivity contribution in [1.29, 1.82) is 0 Å². The number of nitrogen functional groups attached to an aromatic ring is 2. The third kappa shape index (κ3) is 1.82. The molecule has 0 spiro atoms. The molecule has 0 aliphatic heterocycles. The van der Waals surface area contributed by atoms with Gasteiger partial charge in [0.1, 0.15) is 0 Å². The molecule has 0 fully saturated rings. The van der Waals surface area contributed by atoms with E-state index in [1.54, 1.807) is 0 Å². The minimum Gasteiger partial charge on any atom is -0.397 e. The zero-order valence-corrected chi connectivity index (χ0v) is 11.3. The van der Waals surface area contributed by atoms with Crippen molar-refractivity contribution in [2.75, 3.05) is 11.2 Å². The summed E-state index contributed by atoms with van der Waals surface area (Å²) in [5, 5.41) is 1.13. The van der Waals surface area contributed by atoms with Gasteiger partial charge in [-0.15, -0.1) is 0 Å². The molecule has 0 amide bonds. The number of rotatable bonds is 2. The maximum Gasteiger partial charge on any atom is 0.0861 e. The standard InChI is InChI=1S/C8H14IN4P/c1-3-4(2)8(14-12)5(9)7(13-11)6(3)10/h13-14H,10-12H2,1-2H3. The topological polar surface area (TPSA) is 90.1 Å². The summed E-state index contributed by atoms with van der Waals surface area (Å²) in [4.78, 5) is 0. The number of anilines is 2. The van der Waals surface area contributed by atoms with Crippen LogP contribution in [0.25, 0.3) is 0 Å². The third-order valence-corrected chi connectivity index (χ3v) is 4.84. The van der Waals surface area contributed by atoms with Crippen LogP contribution in [0.1, 0.15) is 11.1 Å². The van der Waals surface area contributed by atoms with E-state index in [9.17, 15) is 0 Å². The fraction of sp³-hybridized carbons (Fsp3) is 0.250. The number of hydrazine groups is 1. The van der Waals surface area contributed by atoms with Gasteiger partial charge in [0.2, 0.25) is 0 Å². The molecule has 0 heterocycles. The number of benzene rings is 1. The smallest absolute Gasteiger partial charge is 0.0861 e. The van der Waals surface area contributed by atoms with Crippen molar-refractivity contribution in [3.05, 3.63) is 14.7 Å². The Morgan fingerprint density at radius 1 is 1.29 bits per heavy atom. The molecule has 0 bridgehead atoms. The monoisotopic (exact) mass is 324 g/mol. The molecule has 0 aliphatic rings. The maximum atomic E-state index is 5.93. The summed E-state index contributed by atoms with van der Waals surface area (Å²) in [5.41, 5.74) is 18.0. The lowest BCUT2D eigenvalue weighted by Gasteiger charge is -2.17. The van der Waals surface area contributed by atoms with Crippen molar-refractivity contribution >= 4 is 48.0 Å². The SMILES string of the molecule is Cc1c(C)c(PN)c(I)c(NN)c1N. The Balaban J connectivity index is 3.56. The van der Waals surface area contributed by atoms with E-state index in [-0.39, 0.29) is 8.73 Å². The fourth-order valence-electron chi connectivity index (χ4n) is 1.30. The van der Waals surface area contributed by atoms with E-state index >= 15 is 0 Å². The normalized spacial score (nSPS) is 11.2. The molecule has 0 radical (unpaired) electrons. The first kappa shape index (κ1) is 12.0. The first-order valence-electron chi connectivity index (χ1n) is 4.06. The number of nitrogens with one attached hydrogen (secondary N) is 1. The summed E-state index contributed by atoms with van der Waals surface area (Å²) < 4.78 is 1.02. The Hall–Kier alpha value is -0.100. The highest BCUT2D eigenvalue weighted by Gasteiger charge is 2.14. The summed E-state index contributed by atoms with van der Waals surface area (Å²) in [6.45, 7) is 4.01. The van der Waals surface area contributed by atoms with Gasteiger partial charge in [-0.1, -0.05) is 0 Å². The van der Waals surface area contributed by atoms with E-state index in [1.807, 2.05) is 13.8 Å². The number of hydrogen-bond donors (Lipinski definition) is 4. The number of halogens is 1. The van der Waals surface area contributed by atoms with Gasteiger partial charge in [-0.25, -0.2) is 0 Å². The molecule has 14 heavy (non-hydrogen) atoms. The third-order valence-electron chi connectivity index (χ3n) is 2.34. The average Bonchev–Trinajstić information content (AvgIpc) is 2.16. The molecule has 78 valence electrons. The molecule has 0 saturated carbocycles. The predicted octanol–water partition coefficient (Wildman–Crippen LogP) is 0.953. The second kappa shape index (κ2) is 4.61. The van der Waals surface area contributed by atoms with Crippen molar-refractivity contribution in [3.63, 3.8) is 0 Å². The fourth-order valence-corrected chi connectivity index (χ4v) is 3.27. The molecule has 4 nitrogen and oxygen atoms in total. The molecule has 1 rings (SSSR count). The first-order valence-corrected chi connectivity index (χ1v) is 6.21. The van der Waals surface area contributed by atoms with Gasteiger partial charge in [-0.2, -0.15) is 0 Å². The van der Waals surface area contributed by atoms with Crippen LogP contribution < -0.4 is 27.8 Å².